The predicted molar refractivity (Wildman–Crippen MR) is 91.8 cm³/mol. The quantitative estimate of drug-likeness (QED) is 0.734. The van der Waals surface area contributed by atoms with Crippen molar-refractivity contribution in [1.29, 1.82) is 0 Å². The molecule has 122 valence electrons. The summed E-state index contributed by atoms with van der Waals surface area (Å²) in [7, 11) is 0. The van der Waals surface area contributed by atoms with Crippen LogP contribution in [-0.4, -0.2) is 29.8 Å². The van der Waals surface area contributed by atoms with Crippen molar-refractivity contribution in [1.82, 2.24) is 4.90 Å². The lowest BCUT2D eigenvalue weighted by Gasteiger charge is -2.33. The molecule has 4 nitrogen and oxygen atoms in total. The molecule has 0 radical (unpaired) electrons. The first-order valence-electron chi connectivity index (χ1n) is 7.38. The number of benzene rings is 1. The highest BCUT2D eigenvalue weighted by atomic mass is 35.5. The van der Waals surface area contributed by atoms with E-state index in [2.05, 4.69) is 6.92 Å². The summed E-state index contributed by atoms with van der Waals surface area (Å²) in [5.41, 5.74) is 0.520. The molecule has 2 aliphatic heterocycles. The van der Waals surface area contributed by atoms with E-state index in [9.17, 15) is 9.59 Å². The van der Waals surface area contributed by atoms with Crippen LogP contribution < -0.4 is 4.90 Å². The van der Waals surface area contributed by atoms with Crippen LogP contribution in [0.15, 0.2) is 28.9 Å². The molecule has 0 unspecified atom stereocenters. The zero-order chi connectivity index (χ0) is 16.7. The van der Waals surface area contributed by atoms with Crippen LogP contribution in [0.25, 0.3) is 0 Å². The van der Waals surface area contributed by atoms with Crippen molar-refractivity contribution in [3.05, 3.63) is 39.0 Å². The summed E-state index contributed by atoms with van der Waals surface area (Å²) in [5, 5.41) is 0.607. The van der Waals surface area contributed by atoms with E-state index in [1.807, 2.05) is 4.90 Å². The third kappa shape index (κ3) is 2.95. The van der Waals surface area contributed by atoms with E-state index in [-0.39, 0.29) is 21.4 Å². The Morgan fingerprint density at radius 3 is 2.57 bits per heavy atom. The Hall–Kier alpha value is -1.23. The summed E-state index contributed by atoms with van der Waals surface area (Å²) in [6.45, 7) is 3.54. The standard InChI is InChI=1S/C16H15Cl3N2O2/c1-9-3-2-6-20(8-9)14-13(19)15(22)21(16(14)23)12-7-10(17)4-5-11(12)18/h4-5,7,9H,2-3,6,8H2,1H3/t9-/m0/s1. The van der Waals surface area contributed by atoms with Gasteiger partial charge in [-0.3, -0.25) is 9.59 Å². The number of imide groups is 1. The monoisotopic (exact) mass is 372 g/mol. The minimum Gasteiger partial charge on any atom is -0.365 e. The maximum absolute atomic E-state index is 12.8. The number of carbonyl (C=O) groups excluding carboxylic acids is 2. The summed E-state index contributed by atoms with van der Waals surface area (Å²) >= 11 is 18.3. The number of piperidine rings is 1. The highest BCUT2D eigenvalue weighted by molar-refractivity contribution is 6.53. The second kappa shape index (κ2) is 6.34. The molecular formula is C16H15Cl3N2O2. The summed E-state index contributed by atoms with van der Waals surface area (Å²) < 4.78 is 0. The molecule has 23 heavy (non-hydrogen) atoms. The van der Waals surface area contributed by atoms with E-state index in [1.165, 1.54) is 6.07 Å². The Labute approximate surface area is 149 Å². The van der Waals surface area contributed by atoms with Gasteiger partial charge in [-0.15, -0.1) is 0 Å². The zero-order valence-corrected chi connectivity index (χ0v) is 14.8. The first-order chi connectivity index (χ1) is 10.9. The Kier molecular flexibility index (Phi) is 4.59. The number of hydrogen-bond acceptors (Lipinski definition) is 3. The second-order valence-electron chi connectivity index (χ2n) is 5.90. The van der Waals surface area contributed by atoms with Gasteiger partial charge in [0.05, 0.1) is 10.7 Å². The fourth-order valence-electron chi connectivity index (χ4n) is 3.03. The van der Waals surface area contributed by atoms with Gasteiger partial charge in [0, 0.05) is 18.1 Å². The Balaban J connectivity index is 1.97. The van der Waals surface area contributed by atoms with Crippen LogP contribution in [0.5, 0.6) is 0 Å². The van der Waals surface area contributed by atoms with Gasteiger partial charge in [-0.1, -0.05) is 41.7 Å². The van der Waals surface area contributed by atoms with Crippen LogP contribution in [0.4, 0.5) is 5.69 Å². The molecule has 0 N–H and O–H groups in total. The van der Waals surface area contributed by atoms with Gasteiger partial charge in [-0.05, 0) is 37.0 Å². The molecule has 0 spiro atoms. The molecule has 0 saturated carbocycles. The first kappa shape index (κ1) is 16.6. The van der Waals surface area contributed by atoms with Crippen molar-refractivity contribution >= 4 is 52.3 Å². The maximum Gasteiger partial charge on any atom is 0.283 e. The SMILES string of the molecule is C[C@H]1CCCN(C2=C(Cl)C(=O)N(c3cc(Cl)ccc3Cl)C2=O)C1. The topological polar surface area (TPSA) is 40.6 Å². The third-order valence-corrected chi connectivity index (χ3v) is 5.02. The molecule has 1 fully saturated rings. The third-order valence-electron chi connectivity index (χ3n) is 4.13. The van der Waals surface area contributed by atoms with Gasteiger partial charge in [0.1, 0.15) is 10.7 Å². The minimum atomic E-state index is -0.561. The Bertz CT molecular complexity index is 717. The van der Waals surface area contributed by atoms with Gasteiger partial charge >= 0.3 is 0 Å². The highest BCUT2D eigenvalue weighted by Gasteiger charge is 2.42. The van der Waals surface area contributed by atoms with Crippen LogP contribution in [0, 0.1) is 5.92 Å². The van der Waals surface area contributed by atoms with Crippen molar-refractivity contribution in [3.8, 4) is 0 Å². The number of rotatable bonds is 2. The van der Waals surface area contributed by atoms with Crippen molar-refractivity contribution < 1.29 is 9.59 Å². The van der Waals surface area contributed by atoms with Gasteiger partial charge in [0.25, 0.3) is 11.8 Å². The number of likely N-dealkylation sites (tertiary alicyclic amines) is 1. The van der Waals surface area contributed by atoms with Crippen molar-refractivity contribution in [2.45, 2.75) is 19.8 Å². The van der Waals surface area contributed by atoms with Crippen molar-refractivity contribution in [2.75, 3.05) is 18.0 Å². The van der Waals surface area contributed by atoms with Crippen molar-refractivity contribution in [2.24, 2.45) is 5.92 Å². The number of anilines is 1. The first-order valence-corrected chi connectivity index (χ1v) is 8.52. The average molecular weight is 374 g/mol. The van der Waals surface area contributed by atoms with E-state index in [0.29, 0.717) is 24.0 Å². The molecule has 0 aliphatic carbocycles. The molecule has 2 aliphatic rings. The van der Waals surface area contributed by atoms with E-state index in [4.69, 9.17) is 34.8 Å². The normalized spacial score (nSPS) is 22.3. The average Bonchev–Trinajstić information content (AvgIpc) is 2.72. The molecule has 1 aromatic rings. The van der Waals surface area contributed by atoms with Gasteiger partial charge in [-0.25, -0.2) is 4.90 Å². The molecule has 0 aromatic heterocycles. The lowest BCUT2D eigenvalue weighted by Crippen LogP contribution is -2.39. The Morgan fingerprint density at radius 2 is 1.87 bits per heavy atom. The van der Waals surface area contributed by atoms with Gasteiger partial charge in [-0.2, -0.15) is 0 Å². The number of nitrogens with zero attached hydrogens (tertiary/aromatic N) is 2. The van der Waals surface area contributed by atoms with E-state index in [1.54, 1.807) is 12.1 Å². The Morgan fingerprint density at radius 1 is 1.13 bits per heavy atom. The molecule has 7 heteroatoms. The maximum atomic E-state index is 12.8. The van der Waals surface area contributed by atoms with Crippen LogP contribution in [0.3, 0.4) is 0 Å². The lowest BCUT2D eigenvalue weighted by atomic mass is 10.00. The largest absolute Gasteiger partial charge is 0.365 e. The number of carbonyl (C=O) groups is 2. The number of amides is 2. The van der Waals surface area contributed by atoms with Crippen LogP contribution in [0.1, 0.15) is 19.8 Å². The number of halogens is 3. The molecule has 2 heterocycles. The van der Waals surface area contributed by atoms with Crippen LogP contribution in [0.2, 0.25) is 10.0 Å². The summed E-state index contributed by atoms with van der Waals surface area (Å²) in [4.78, 5) is 28.2. The fourth-order valence-corrected chi connectivity index (χ4v) is 3.69. The predicted octanol–water partition coefficient (Wildman–Crippen LogP) is 4.05. The van der Waals surface area contributed by atoms with Gasteiger partial charge in [0.15, 0.2) is 0 Å². The molecule has 1 saturated heterocycles. The molecule has 3 rings (SSSR count). The van der Waals surface area contributed by atoms with Gasteiger partial charge in [0.2, 0.25) is 0 Å². The summed E-state index contributed by atoms with van der Waals surface area (Å²) in [6, 6.07) is 4.64. The lowest BCUT2D eigenvalue weighted by molar-refractivity contribution is -0.121. The van der Waals surface area contributed by atoms with E-state index >= 15 is 0 Å². The van der Waals surface area contributed by atoms with Crippen molar-refractivity contribution in [3.63, 3.8) is 0 Å². The smallest absolute Gasteiger partial charge is 0.283 e. The molecule has 1 aromatic carbocycles. The van der Waals surface area contributed by atoms with E-state index < -0.39 is 11.8 Å². The molecular weight excluding hydrogens is 359 g/mol. The van der Waals surface area contributed by atoms with Crippen LogP contribution in [-0.2, 0) is 9.59 Å². The molecule has 2 amide bonds. The zero-order valence-electron chi connectivity index (χ0n) is 12.5. The highest BCUT2D eigenvalue weighted by Crippen LogP contribution is 2.37. The number of hydrogen-bond donors (Lipinski definition) is 0. The summed E-state index contributed by atoms with van der Waals surface area (Å²) in [6.07, 6.45) is 2.07. The van der Waals surface area contributed by atoms with Crippen LogP contribution >= 0.6 is 34.8 Å². The molecule has 0 bridgehead atoms. The summed E-state index contributed by atoms with van der Waals surface area (Å²) in [5.74, 6) is -0.556. The van der Waals surface area contributed by atoms with Gasteiger partial charge < -0.3 is 4.90 Å². The molecule has 1 atom stereocenters. The fraction of sp³-hybridized carbons (Fsp3) is 0.375. The second-order valence-corrected chi connectivity index (χ2v) is 7.12. The minimum absolute atomic E-state index is 0.0554. The van der Waals surface area contributed by atoms with E-state index in [0.717, 1.165) is 17.7 Å².